The largest absolute Gasteiger partial charge is 0.508 e. The third-order valence-corrected chi connectivity index (χ3v) is 12.5. The number of carbonyl (C=O) groups excluding carboxylic acids is 1. The first kappa shape index (κ1) is 33.8. The number of phenolic OH excluding ortho intramolecular Hbond substituents is 1. The summed E-state index contributed by atoms with van der Waals surface area (Å²) in [7, 11) is 0. The lowest BCUT2D eigenvalue weighted by atomic mass is 9.51. The fraction of sp³-hybridized carbons (Fsp3) is 0.477. The number of unbranched alkanes of at least 4 members (excludes halogenated alkanes) is 2. The van der Waals surface area contributed by atoms with E-state index in [2.05, 4.69) is 66.4 Å². The molecule has 2 saturated carbocycles. The molecule has 258 valence electrons. The summed E-state index contributed by atoms with van der Waals surface area (Å²) in [5.41, 5.74) is 4.16. The molecule has 0 unspecified atom stereocenters. The molecular formula is C44H52FNO3. The molecule has 5 heteroatoms. The second kappa shape index (κ2) is 14.6. The summed E-state index contributed by atoms with van der Waals surface area (Å²) in [4.78, 5) is 15.8. The average Bonchev–Trinajstić information content (AvgIpc) is 3.40. The zero-order valence-electron chi connectivity index (χ0n) is 28.9. The number of aryl methyl sites for hydroxylation is 1. The molecule has 4 nitrogen and oxygen atoms in total. The second-order valence-electron chi connectivity index (χ2n) is 15.6. The molecule has 0 saturated heterocycles. The van der Waals surface area contributed by atoms with Crippen molar-refractivity contribution in [2.75, 3.05) is 13.1 Å². The highest BCUT2D eigenvalue weighted by Gasteiger charge is 2.59. The lowest BCUT2D eigenvalue weighted by Gasteiger charge is -2.54. The van der Waals surface area contributed by atoms with E-state index in [0.717, 1.165) is 93.0 Å². The first-order chi connectivity index (χ1) is 23.8. The van der Waals surface area contributed by atoms with E-state index >= 15 is 4.39 Å². The van der Waals surface area contributed by atoms with E-state index in [1.807, 2.05) is 30.3 Å². The summed E-state index contributed by atoms with van der Waals surface area (Å²) in [6, 6.07) is 30.7. The summed E-state index contributed by atoms with van der Waals surface area (Å²) in [6.45, 7) is 3.62. The number of hydrogen-bond acceptors (Lipinski definition) is 3. The van der Waals surface area contributed by atoms with Gasteiger partial charge in [0.2, 0.25) is 5.91 Å². The van der Waals surface area contributed by atoms with Crippen molar-refractivity contribution in [3.05, 3.63) is 113 Å². The van der Waals surface area contributed by atoms with E-state index in [1.54, 1.807) is 6.07 Å². The molecule has 0 heterocycles. The van der Waals surface area contributed by atoms with Gasteiger partial charge >= 0.3 is 0 Å². The molecule has 4 aromatic rings. The van der Waals surface area contributed by atoms with Crippen molar-refractivity contribution in [1.82, 2.24) is 4.90 Å². The topological polar surface area (TPSA) is 60.8 Å². The van der Waals surface area contributed by atoms with Crippen molar-refractivity contribution in [2.45, 2.75) is 95.7 Å². The Kier molecular flexibility index (Phi) is 10.1. The Hall–Kier alpha value is -3.70. The van der Waals surface area contributed by atoms with Gasteiger partial charge in [-0.3, -0.25) is 4.79 Å². The monoisotopic (exact) mass is 661 g/mol. The number of phenols is 1. The second-order valence-corrected chi connectivity index (χ2v) is 15.6. The fourth-order valence-electron chi connectivity index (χ4n) is 10.0. The van der Waals surface area contributed by atoms with E-state index in [4.69, 9.17) is 0 Å². The minimum Gasteiger partial charge on any atom is -0.508 e. The average molecular weight is 662 g/mol. The van der Waals surface area contributed by atoms with E-state index in [0.29, 0.717) is 24.7 Å². The SMILES string of the molecule is C[C@]12C[C@H](F)[C@@H]3c4ccc(O)cc4C[C@@H](CCCCCN(CCCc4ccccc4)C(=O)Cc4ccc5ccccc5c4)[C@H]3[C@@H]1CC[C@@H]2O. The van der Waals surface area contributed by atoms with Gasteiger partial charge in [0.25, 0.3) is 0 Å². The first-order valence-corrected chi connectivity index (χ1v) is 18.7. The number of aliphatic hydroxyl groups is 1. The smallest absolute Gasteiger partial charge is 0.226 e. The maximum absolute atomic E-state index is 16.2. The summed E-state index contributed by atoms with van der Waals surface area (Å²) in [6.07, 6.45) is 7.87. The maximum Gasteiger partial charge on any atom is 0.226 e. The predicted molar refractivity (Wildman–Crippen MR) is 195 cm³/mol. The molecule has 49 heavy (non-hydrogen) atoms. The Morgan fingerprint density at radius 3 is 2.47 bits per heavy atom. The number of aliphatic hydroxyl groups excluding tert-OH is 1. The predicted octanol–water partition coefficient (Wildman–Crippen LogP) is 9.20. The molecule has 1 amide bonds. The Bertz CT molecular complexity index is 1740. The number of halogens is 1. The lowest BCUT2D eigenvalue weighted by molar-refractivity contribution is -0.130. The molecular weight excluding hydrogens is 609 g/mol. The molecule has 7 atom stereocenters. The molecule has 3 aliphatic rings. The molecule has 0 aromatic heterocycles. The van der Waals surface area contributed by atoms with Crippen LogP contribution in [0.1, 0.15) is 86.5 Å². The highest BCUT2D eigenvalue weighted by molar-refractivity contribution is 5.85. The van der Waals surface area contributed by atoms with E-state index < -0.39 is 12.3 Å². The van der Waals surface area contributed by atoms with Crippen molar-refractivity contribution in [2.24, 2.45) is 23.2 Å². The van der Waals surface area contributed by atoms with Crippen LogP contribution in [0.2, 0.25) is 0 Å². The number of alkyl halides is 1. The quantitative estimate of drug-likeness (QED) is 0.149. The number of aromatic hydroxyl groups is 1. The third-order valence-electron chi connectivity index (χ3n) is 12.5. The fourth-order valence-corrected chi connectivity index (χ4v) is 10.0. The van der Waals surface area contributed by atoms with Crippen LogP contribution < -0.4 is 0 Å². The van der Waals surface area contributed by atoms with Crippen LogP contribution in [0.5, 0.6) is 5.75 Å². The minimum absolute atomic E-state index is 0.162. The summed E-state index contributed by atoms with van der Waals surface area (Å²) in [5, 5.41) is 23.6. The maximum atomic E-state index is 16.2. The molecule has 7 rings (SSSR count). The number of rotatable bonds is 12. The molecule has 0 spiro atoms. The van der Waals surface area contributed by atoms with Gasteiger partial charge in [-0.15, -0.1) is 0 Å². The molecule has 4 aromatic carbocycles. The summed E-state index contributed by atoms with van der Waals surface area (Å²) < 4.78 is 16.2. The van der Waals surface area contributed by atoms with Crippen molar-refractivity contribution in [3.63, 3.8) is 0 Å². The van der Waals surface area contributed by atoms with Crippen molar-refractivity contribution >= 4 is 16.7 Å². The van der Waals surface area contributed by atoms with Crippen molar-refractivity contribution < 1.29 is 19.4 Å². The zero-order chi connectivity index (χ0) is 34.0. The number of fused-ring (bicyclic) bond motifs is 6. The Balaban J connectivity index is 1.00. The number of nitrogens with zero attached hydrogens (tertiary/aromatic N) is 1. The van der Waals surface area contributed by atoms with E-state index in [1.165, 1.54) is 10.9 Å². The van der Waals surface area contributed by atoms with Gasteiger partial charge in [0.05, 0.1) is 12.5 Å². The van der Waals surface area contributed by atoms with Gasteiger partial charge in [-0.25, -0.2) is 4.39 Å². The standard InChI is InChI=1S/C44H52FNO3/c1-44-29-39(45)43-37-20-19-36(47)28-35(37)27-34(42(43)38(44)21-22-40(44)48)16-6-3-9-23-46(24-10-13-30-11-4-2-5-12-30)41(49)26-31-17-18-32-14-7-8-15-33(32)25-31/h2,4-5,7-8,11-12,14-15,17-20,25,28,34,38-40,42-43,47-48H,3,6,9-10,13,16,21-24,26-27,29H2,1H3/t34-,38+,39+,40+,42+,43+,44+/m1/s1. The molecule has 0 bridgehead atoms. The van der Waals surface area contributed by atoms with Gasteiger partial charge in [0.1, 0.15) is 11.9 Å². The normalized spacial score (nSPS) is 27.3. The molecule has 2 N–H and O–H groups in total. The lowest BCUT2D eigenvalue weighted by Crippen LogP contribution is -2.51. The first-order valence-electron chi connectivity index (χ1n) is 18.7. The van der Waals surface area contributed by atoms with Crippen LogP contribution in [0.15, 0.2) is 91.0 Å². The number of amides is 1. The Labute approximate surface area is 291 Å². The molecule has 2 fully saturated rings. The van der Waals surface area contributed by atoms with Crippen LogP contribution in [-0.2, 0) is 24.1 Å². The molecule has 0 radical (unpaired) electrons. The van der Waals surface area contributed by atoms with Gasteiger partial charge in [0, 0.05) is 19.0 Å². The van der Waals surface area contributed by atoms with E-state index in [9.17, 15) is 15.0 Å². The van der Waals surface area contributed by atoms with Gasteiger partial charge in [-0.05, 0) is 120 Å². The highest BCUT2D eigenvalue weighted by Crippen LogP contribution is 2.63. The van der Waals surface area contributed by atoms with Crippen LogP contribution in [0, 0.1) is 23.2 Å². The van der Waals surface area contributed by atoms with Crippen LogP contribution in [-0.4, -0.2) is 46.4 Å². The van der Waals surface area contributed by atoms with Crippen molar-refractivity contribution in [1.29, 1.82) is 0 Å². The van der Waals surface area contributed by atoms with Crippen LogP contribution >= 0.6 is 0 Å². The van der Waals surface area contributed by atoms with Gasteiger partial charge < -0.3 is 15.1 Å². The minimum atomic E-state index is -0.983. The van der Waals surface area contributed by atoms with E-state index in [-0.39, 0.29) is 28.9 Å². The van der Waals surface area contributed by atoms with Crippen LogP contribution in [0.4, 0.5) is 4.39 Å². The number of carbonyl (C=O) groups is 1. The van der Waals surface area contributed by atoms with Gasteiger partial charge in [0.15, 0.2) is 0 Å². The highest BCUT2D eigenvalue weighted by atomic mass is 19.1. The third kappa shape index (κ3) is 7.15. The Morgan fingerprint density at radius 1 is 0.857 bits per heavy atom. The van der Waals surface area contributed by atoms with Crippen LogP contribution in [0.3, 0.4) is 0 Å². The van der Waals surface area contributed by atoms with Gasteiger partial charge in [-0.2, -0.15) is 0 Å². The Morgan fingerprint density at radius 2 is 1.63 bits per heavy atom. The number of hydrogen-bond donors (Lipinski definition) is 2. The van der Waals surface area contributed by atoms with Crippen molar-refractivity contribution in [3.8, 4) is 5.75 Å². The summed E-state index contributed by atoms with van der Waals surface area (Å²) in [5.74, 6) is 1.13. The molecule has 0 aliphatic heterocycles. The molecule has 3 aliphatic carbocycles. The van der Waals surface area contributed by atoms with Crippen LogP contribution in [0.25, 0.3) is 10.8 Å². The number of benzene rings is 4. The zero-order valence-corrected chi connectivity index (χ0v) is 28.9. The van der Waals surface area contributed by atoms with Gasteiger partial charge in [-0.1, -0.05) is 98.6 Å². The summed E-state index contributed by atoms with van der Waals surface area (Å²) >= 11 is 0.